The van der Waals surface area contributed by atoms with Crippen molar-refractivity contribution in [1.82, 2.24) is 14.5 Å². The van der Waals surface area contributed by atoms with Crippen molar-refractivity contribution in [3.05, 3.63) is 18.2 Å². The Morgan fingerprint density at radius 3 is 2.67 bits per heavy atom. The number of aryl methyl sites for hydroxylation is 1. The molecule has 1 unspecified atom stereocenters. The smallest absolute Gasteiger partial charge is 0.108 e. The highest BCUT2D eigenvalue weighted by Crippen LogP contribution is 2.23. The van der Waals surface area contributed by atoms with Crippen molar-refractivity contribution in [3.8, 4) is 0 Å². The van der Waals surface area contributed by atoms with E-state index in [0.717, 1.165) is 18.4 Å². The molecule has 0 bridgehead atoms. The molecule has 0 radical (unpaired) electrons. The second-order valence-electron chi connectivity index (χ2n) is 5.78. The Balaban J connectivity index is 1.78. The lowest BCUT2D eigenvalue weighted by Crippen LogP contribution is -2.40. The molecule has 2 rings (SSSR count). The second-order valence-corrected chi connectivity index (χ2v) is 5.78. The van der Waals surface area contributed by atoms with Gasteiger partial charge in [0.2, 0.25) is 0 Å². The quantitative estimate of drug-likeness (QED) is 0.800. The topological polar surface area (TPSA) is 21.1 Å². The third-order valence-corrected chi connectivity index (χ3v) is 4.37. The fourth-order valence-corrected chi connectivity index (χ4v) is 3.05. The predicted molar refractivity (Wildman–Crippen MR) is 75.6 cm³/mol. The van der Waals surface area contributed by atoms with E-state index in [-0.39, 0.29) is 0 Å². The van der Waals surface area contributed by atoms with E-state index in [0.29, 0.717) is 0 Å². The second kappa shape index (κ2) is 6.37. The van der Waals surface area contributed by atoms with Crippen molar-refractivity contribution < 1.29 is 0 Å². The van der Waals surface area contributed by atoms with E-state index in [4.69, 9.17) is 0 Å². The van der Waals surface area contributed by atoms with Crippen LogP contribution in [0.4, 0.5) is 0 Å². The van der Waals surface area contributed by atoms with E-state index in [1.165, 1.54) is 44.6 Å². The van der Waals surface area contributed by atoms with Gasteiger partial charge in [-0.05, 0) is 45.2 Å². The van der Waals surface area contributed by atoms with Gasteiger partial charge in [-0.25, -0.2) is 4.98 Å². The number of hydrogen-bond donors (Lipinski definition) is 0. The number of hydrogen-bond acceptors (Lipinski definition) is 2. The predicted octanol–water partition coefficient (Wildman–Crippen LogP) is 2.86. The zero-order valence-corrected chi connectivity index (χ0v) is 12.1. The Kier molecular flexibility index (Phi) is 4.81. The summed E-state index contributed by atoms with van der Waals surface area (Å²) in [6.45, 7) is 7.21. The normalized spacial score (nSPS) is 20.2. The van der Waals surface area contributed by atoms with Gasteiger partial charge in [0, 0.05) is 31.9 Å². The highest BCUT2D eigenvalue weighted by molar-refractivity contribution is 4.94. The number of nitrogens with zero attached hydrogens (tertiary/aromatic N) is 3. The molecule has 0 saturated carbocycles. The van der Waals surface area contributed by atoms with E-state index < -0.39 is 0 Å². The van der Waals surface area contributed by atoms with Crippen LogP contribution in [0.25, 0.3) is 0 Å². The van der Waals surface area contributed by atoms with Crippen molar-refractivity contribution in [3.63, 3.8) is 0 Å². The summed E-state index contributed by atoms with van der Waals surface area (Å²) in [5.74, 6) is 2.08. The van der Waals surface area contributed by atoms with E-state index in [2.05, 4.69) is 35.3 Å². The minimum atomic E-state index is 0.768. The molecule has 102 valence electrons. The van der Waals surface area contributed by atoms with E-state index in [9.17, 15) is 0 Å². The van der Waals surface area contributed by atoms with Gasteiger partial charge in [0.05, 0.1) is 0 Å². The van der Waals surface area contributed by atoms with Crippen LogP contribution in [0, 0.1) is 5.92 Å². The van der Waals surface area contributed by atoms with Crippen LogP contribution in [0.2, 0.25) is 0 Å². The zero-order valence-electron chi connectivity index (χ0n) is 12.1. The Morgan fingerprint density at radius 1 is 1.39 bits per heavy atom. The highest BCUT2D eigenvalue weighted by atomic mass is 15.2. The van der Waals surface area contributed by atoms with Crippen LogP contribution in [-0.2, 0) is 13.5 Å². The number of aromatic nitrogens is 2. The van der Waals surface area contributed by atoms with Gasteiger partial charge in [-0.2, -0.15) is 0 Å². The van der Waals surface area contributed by atoms with Crippen LogP contribution < -0.4 is 0 Å². The maximum absolute atomic E-state index is 4.44. The molecule has 1 aliphatic rings. The molecule has 2 heterocycles. The maximum atomic E-state index is 4.44. The summed E-state index contributed by atoms with van der Waals surface area (Å²) in [5, 5.41) is 0. The number of likely N-dealkylation sites (tertiary alicyclic amines) is 1. The fourth-order valence-electron chi connectivity index (χ4n) is 3.05. The molecular formula is C15H27N3. The summed E-state index contributed by atoms with van der Waals surface area (Å²) in [7, 11) is 2.10. The molecule has 0 aromatic carbocycles. The summed E-state index contributed by atoms with van der Waals surface area (Å²) in [6.07, 6.45) is 10.4. The highest BCUT2D eigenvalue weighted by Gasteiger charge is 2.23. The molecule has 1 atom stereocenters. The molecule has 3 nitrogen and oxygen atoms in total. The molecule has 0 spiro atoms. The van der Waals surface area contributed by atoms with Crippen molar-refractivity contribution in [1.29, 1.82) is 0 Å². The largest absolute Gasteiger partial charge is 0.338 e. The van der Waals surface area contributed by atoms with Gasteiger partial charge in [-0.3, -0.25) is 0 Å². The van der Waals surface area contributed by atoms with Crippen LogP contribution in [0.15, 0.2) is 12.4 Å². The molecule has 0 aliphatic carbocycles. The van der Waals surface area contributed by atoms with Crippen LogP contribution in [0.3, 0.4) is 0 Å². The fraction of sp³-hybridized carbons (Fsp3) is 0.800. The Bertz CT molecular complexity index is 350. The van der Waals surface area contributed by atoms with Crippen LogP contribution in [-0.4, -0.2) is 33.6 Å². The first kappa shape index (κ1) is 13.6. The standard InChI is InChI=1S/C15H27N3/c1-4-5-13(2)18-9-6-14(7-10-18)12-15-16-8-11-17(15)3/h8,11,13-14H,4-7,9-10,12H2,1-3H3. The third kappa shape index (κ3) is 3.35. The van der Waals surface area contributed by atoms with Crippen LogP contribution >= 0.6 is 0 Å². The van der Waals surface area contributed by atoms with Gasteiger partial charge in [0.25, 0.3) is 0 Å². The average Bonchev–Trinajstić information content (AvgIpc) is 2.76. The molecule has 1 aromatic heterocycles. The summed E-state index contributed by atoms with van der Waals surface area (Å²) < 4.78 is 2.16. The van der Waals surface area contributed by atoms with Crippen molar-refractivity contribution in [2.45, 2.75) is 52.0 Å². The van der Waals surface area contributed by atoms with Crippen molar-refractivity contribution in [2.24, 2.45) is 13.0 Å². The Labute approximate surface area is 111 Å². The lowest BCUT2D eigenvalue weighted by Gasteiger charge is -2.36. The van der Waals surface area contributed by atoms with E-state index in [1.54, 1.807) is 0 Å². The number of imidazole rings is 1. The van der Waals surface area contributed by atoms with Gasteiger partial charge >= 0.3 is 0 Å². The molecule has 1 aliphatic heterocycles. The SMILES string of the molecule is CCCC(C)N1CCC(Cc2nccn2C)CC1. The lowest BCUT2D eigenvalue weighted by molar-refractivity contribution is 0.133. The minimum Gasteiger partial charge on any atom is -0.338 e. The number of piperidine rings is 1. The Hall–Kier alpha value is -0.830. The first-order valence-electron chi connectivity index (χ1n) is 7.41. The molecule has 0 amide bonds. The maximum Gasteiger partial charge on any atom is 0.108 e. The monoisotopic (exact) mass is 249 g/mol. The zero-order chi connectivity index (χ0) is 13.0. The van der Waals surface area contributed by atoms with Gasteiger partial charge in [0.1, 0.15) is 5.82 Å². The van der Waals surface area contributed by atoms with Crippen molar-refractivity contribution >= 4 is 0 Å². The summed E-state index contributed by atoms with van der Waals surface area (Å²) in [5.41, 5.74) is 0. The molecule has 0 N–H and O–H groups in total. The van der Waals surface area contributed by atoms with Gasteiger partial charge < -0.3 is 9.47 Å². The van der Waals surface area contributed by atoms with Gasteiger partial charge in [-0.1, -0.05) is 13.3 Å². The molecule has 18 heavy (non-hydrogen) atoms. The van der Waals surface area contributed by atoms with E-state index in [1.807, 2.05) is 12.4 Å². The van der Waals surface area contributed by atoms with E-state index >= 15 is 0 Å². The molecule has 1 saturated heterocycles. The first-order chi connectivity index (χ1) is 8.70. The van der Waals surface area contributed by atoms with Crippen LogP contribution in [0.5, 0.6) is 0 Å². The van der Waals surface area contributed by atoms with Crippen molar-refractivity contribution in [2.75, 3.05) is 13.1 Å². The molecule has 3 heteroatoms. The third-order valence-electron chi connectivity index (χ3n) is 4.37. The summed E-state index contributed by atoms with van der Waals surface area (Å²) >= 11 is 0. The summed E-state index contributed by atoms with van der Waals surface area (Å²) in [4.78, 5) is 7.11. The molecular weight excluding hydrogens is 222 g/mol. The molecule has 1 aromatic rings. The minimum absolute atomic E-state index is 0.768. The van der Waals surface area contributed by atoms with Crippen LogP contribution in [0.1, 0.15) is 45.4 Å². The summed E-state index contributed by atoms with van der Waals surface area (Å²) in [6, 6.07) is 0.768. The van der Waals surface area contributed by atoms with Gasteiger partial charge in [-0.15, -0.1) is 0 Å². The Morgan fingerprint density at radius 2 is 2.11 bits per heavy atom. The molecule has 1 fully saturated rings. The number of rotatable bonds is 5. The first-order valence-corrected chi connectivity index (χ1v) is 7.41. The van der Waals surface area contributed by atoms with Gasteiger partial charge in [0.15, 0.2) is 0 Å². The average molecular weight is 249 g/mol. The lowest BCUT2D eigenvalue weighted by atomic mass is 9.92.